The Bertz CT molecular complexity index is 1400. The second kappa shape index (κ2) is 15.9. The van der Waals surface area contributed by atoms with Gasteiger partial charge < -0.3 is 15.0 Å². The van der Waals surface area contributed by atoms with E-state index in [0.29, 0.717) is 30.2 Å². The Hall–Kier alpha value is -3.92. The predicted molar refractivity (Wildman–Crippen MR) is 163 cm³/mol. The lowest BCUT2D eigenvalue weighted by atomic mass is 10.0. The lowest BCUT2D eigenvalue weighted by molar-refractivity contribution is -0.141. The molecule has 0 unspecified atom stereocenters. The number of amides is 2. The van der Waals surface area contributed by atoms with Crippen LogP contribution in [0, 0.1) is 5.82 Å². The summed E-state index contributed by atoms with van der Waals surface area (Å²) < 4.78 is 46.7. The van der Waals surface area contributed by atoms with Crippen molar-refractivity contribution in [1.82, 2.24) is 10.2 Å². The maximum Gasteiger partial charge on any atom is 0.243 e. The molecule has 0 aromatic heterocycles. The van der Waals surface area contributed by atoms with Gasteiger partial charge in [-0.3, -0.25) is 13.9 Å². The zero-order valence-corrected chi connectivity index (χ0v) is 25.3. The summed E-state index contributed by atoms with van der Waals surface area (Å²) in [5.41, 5.74) is 1.61. The van der Waals surface area contributed by atoms with Crippen LogP contribution in [0.3, 0.4) is 0 Å². The molecule has 0 aliphatic heterocycles. The molecule has 0 heterocycles. The lowest BCUT2D eigenvalue weighted by Crippen LogP contribution is -2.50. The zero-order valence-electron chi connectivity index (χ0n) is 24.5. The molecule has 0 saturated carbocycles. The van der Waals surface area contributed by atoms with Gasteiger partial charge in [-0.1, -0.05) is 55.5 Å². The second-order valence-electron chi connectivity index (χ2n) is 9.98. The van der Waals surface area contributed by atoms with Gasteiger partial charge in [0.15, 0.2) is 0 Å². The highest BCUT2D eigenvalue weighted by molar-refractivity contribution is 7.92. The van der Waals surface area contributed by atoms with Crippen molar-refractivity contribution < 1.29 is 27.1 Å². The predicted octanol–water partition coefficient (Wildman–Crippen LogP) is 4.94. The smallest absolute Gasteiger partial charge is 0.243 e. The van der Waals surface area contributed by atoms with Gasteiger partial charge in [0.2, 0.25) is 21.8 Å². The van der Waals surface area contributed by atoms with Crippen molar-refractivity contribution in [3.63, 3.8) is 0 Å². The number of rotatable bonds is 16. The molecule has 10 heteroatoms. The number of anilines is 1. The number of halogens is 1. The molecule has 8 nitrogen and oxygen atoms in total. The third-order valence-electron chi connectivity index (χ3n) is 6.71. The molecule has 0 saturated heterocycles. The van der Waals surface area contributed by atoms with Crippen LogP contribution >= 0.6 is 0 Å². The Kier molecular flexibility index (Phi) is 12.3. The van der Waals surface area contributed by atoms with E-state index in [9.17, 15) is 22.4 Å². The summed E-state index contributed by atoms with van der Waals surface area (Å²) in [4.78, 5) is 28.6. The first-order chi connectivity index (χ1) is 20.1. The van der Waals surface area contributed by atoms with Crippen LogP contribution in [-0.2, 0) is 32.6 Å². The van der Waals surface area contributed by atoms with Crippen LogP contribution < -0.4 is 14.4 Å². The van der Waals surface area contributed by atoms with Crippen molar-refractivity contribution in [3.8, 4) is 5.75 Å². The van der Waals surface area contributed by atoms with Crippen molar-refractivity contribution in [2.45, 2.75) is 52.1 Å². The standard InChI is InChI=1S/C32H40FN3O5S/c1-4-21-34-32(38)30(23-25-12-7-6-8-13-25)35(24-26-14-9-10-15-29(26)33)31(37)16-11-22-36(42(3,39)40)27-17-19-28(20-18-27)41-5-2/h6-10,12-15,17-20,30H,4-5,11,16,21-24H2,1-3H3,(H,34,38)/t30-/m1/s1. The minimum Gasteiger partial charge on any atom is -0.494 e. The summed E-state index contributed by atoms with van der Waals surface area (Å²) >= 11 is 0. The van der Waals surface area contributed by atoms with E-state index < -0.39 is 21.9 Å². The number of nitrogens with zero attached hydrogens (tertiary/aromatic N) is 2. The Balaban J connectivity index is 1.85. The third-order valence-corrected chi connectivity index (χ3v) is 7.90. The van der Waals surface area contributed by atoms with Crippen LogP contribution in [0.25, 0.3) is 0 Å². The van der Waals surface area contributed by atoms with E-state index in [1.54, 1.807) is 42.5 Å². The summed E-state index contributed by atoms with van der Waals surface area (Å²) in [6.45, 7) is 4.68. The maximum absolute atomic E-state index is 14.7. The number of nitrogens with one attached hydrogen (secondary N) is 1. The fourth-order valence-electron chi connectivity index (χ4n) is 4.61. The molecule has 3 rings (SSSR count). The van der Waals surface area contributed by atoms with Crippen molar-refractivity contribution >= 4 is 27.5 Å². The molecule has 0 aliphatic carbocycles. The van der Waals surface area contributed by atoms with Gasteiger partial charge in [0, 0.05) is 38.0 Å². The van der Waals surface area contributed by atoms with Gasteiger partial charge in [0.05, 0.1) is 18.6 Å². The first kappa shape index (κ1) is 32.6. The number of hydrogen-bond acceptors (Lipinski definition) is 5. The Labute approximate surface area is 248 Å². The summed E-state index contributed by atoms with van der Waals surface area (Å²) in [7, 11) is -3.64. The van der Waals surface area contributed by atoms with Gasteiger partial charge in [0.25, 0.3) is 0 Å². The van der Waals surface area contributed by atoms with Crippen molar-refractivity contribution in [2.75, 3.05) is 30.3 Å². The van der Waals surface area contributed by atoms with E-state index in [1.165, 1.54) is 15.3 Å². The Morgan fingerprint density at radius 3 is 2.24 bits per heavy atom. The van der Waals surface area contributed by atoms with E-state index in [2.05, 4.69) is 5.32 Å². The minimum atomic E-state index is -3.64. The molecular weight excluding hydrogens is 557 g/mol. The number of ether oxygens (including phenoxy) is 1. The highest BCUT2D eigenvalue weighted by Gasteiger charge is 2.31. The Morgan fingerprint density at radius 1 is 0.952 bits per heavy atom. The lowest BCUT2D eigenvalue weighted by Gasteiger charge is -2.32. The fraction of sp³-hybridized carbons (Fsp3) is 0.375. The van der Waals surface area contributed by atoms with Crippen LogP contribution in [0.4, 0.5) is 10.1 Å². The molecule has 1 atom stereocenters. The fourth-order valence-corrected chi connectivity index (χ4v) is 5.57. The summed E-state index contributed by atoms with van der Waals surface area (Å²) in [6.07, 6.45) is 2.24. The van der Waals surface area contributed by atoms with Crippen LogP contribution in [0.2, 0.25) is 0 Å². The van der Waals surface area contributed by atoms with Gasteiger partial charge in [-0.15, -0.1) is 0 Å². The van der Waals surface area contributed by atoms with Gasteiger partial charge >= 0.3 is 0 Å². The molecule has 0 radical (unpaired) electrons. The van der Waals surface area contributed by atoms with Crippen LogP contribution in [0.5, 0.6) is 5.75 Å². The highest BCUT2D eigenvalue weighted by Crippen LogP contribution is 2.23. The molecule has 3 aromatic rings. The third kappa shape index (κ3) is 9.58. The average molecular weight is 598 g/mol. The van der Waals surface area contributed by atoms with Crippen molar-refractivity contribution in [3.05, 3.63) is 95.8 Å². The Morgan fingerprint density at radius 2 is 1.62 bits per heavy atom. The SMILES string of the molecule is CCCNC(=O)[C@@H](Cc1ccccc1)N(Cc1ccccc1F)C(=O)CCCN(c1ccc(OCC)cc1)S(C)(=O)=O. The van der Waals surface area contributed by atoms with Crippen LogP contribution in [0.1, 0.15) is 44.2 Å². The van der Waals surface area contributed by atoms with E-state index >= 15 is 0 Å². The molecular formula is C32H40FN3O5S. The summed E-state index contributed by atoms with van der Waals surface area (Å²) in [5.74, 6) is -0.538. The van der Waals surface area contributed by atoms with E-state index in [-0.39, 0.29) is 44.2 Å². The van der Waals surface area contributed by atoms with Crippen LogP contribution in [-0.4, -0.2) is 57.1 Å². The number of hydrogen-bond donors (Lipinski definition) is 1. The van der Waals surface area contributed by atoms with Crippen molar-refractivity contribution in [1.29, 1.82) is 0 Å². The monoisotopic (exact) mass is 597 g/mol. The van der Waals surface area contributed by atoms with Gasteiger partial charge in [0.1, 0.15) is 17.6 Å². The van der Waals surface area contributed by atoms with E-state index in [0.717, 1.165) is 18.2 Å². The zero-order chi connectivity index (χ0) is 30.5. The highest BCUT2D eigenvalue weighted by atomic mass is 32.2. The first-order valence-corrected chi connectivity index (χ1v) is 16.0. The summed E-state index contributed by atoms with van der Waals surface area (Å²) in [6, 6.07) is 21.4. The number of carbonyl (C=O) groups excluding carboxylic acids is 2. The second-order valence-corrected chi connectivity index (χ2v) is 11.9. The molecule has 0 spiro atoms. The first-order valence-electron chi connectivity index (χ1n) is 14.2. The van der Waals surface area contributed by atoms with Crippen LogP contribution in [0.15, 0.2) is 78.9 Å². The quantitative estimate of drug-likeness (QED) is 0.253. The molecule has 2 amide bonds. The maximum atomic E-state index is 14.7. The molecule has 1 N–H and O–H groups in total. The normalized spacial score (nSPS) is 11.9. The van der Waals surface area contributed by atoms with Gasteiger partial charge in [-0.05, 0) is 55.7 Å². The minimum absolute atomic E-state index is 0.0378. The topological polar surface area (TPSA) is 96.0 Å². The van der Waals surface area contributed by atoms with E-state index in [1.807, 2.05) is 44.2 Å². The number of carbonyl (C=O) groups is 2. The molecule has 226 valence electrons. The van der Waals surface area contributed by atoms with Gasteiger partial charge in [-0.2, -0.15) is 0 Å². The molecule has 0 bridgehead atoms. The molecule has 0 fully saturated rings. The number of benzene rings is 3. The molecule has 0 aliphatic rings. The van der Waals surface area contributed by atoms with E-state index in [4.69, 9.17) is 4.74 Å². The molecule has 3 aromatic carbocycles. The average Bonchev–Trinajstić information content (AvgIpc) is 2.97. The van der Waals surface area contributed by atoms with Gasteiger partial charge in [-0.25, -0.2) is 12.8 Å². The molecule has 42 heavy (non-hydrogen) atoms. The van der Waals surface area contributed by atoms with Crippen molar-refractivity contribution in [2.24, 2.45) is 0 Å². The largest absolute Gasteiger partial charge is 0.494 e. The number of sulfonamides is 1. The summed E-state index contributed by atoms with van der Waals surface area (Å²) in [5, 5.41) is 2.89.